The second-order valence-corrected chi connectivity index (χ2v) is 3.93. The van der Waals surface area contributed by atoms with Gasteiger partial charge < -0.3 is 15.5 Å². The van der Waals surface area contributed by atoms with E-state index in [0.717, 1.165) is 5.75 Å². The van der Waals surface area contributed by atoms with E-state index in [2.05, 4.69) is 9.72 Å². The Hall–Kier alpha value is -1.61. The van der Waals surface area contributed by atoms with Gasteiger partial charge in [-0.25, -0.2) is 4.79 Å². The van der Waals surface area contributed by atoms with Crippen LogP contribution in [0, 0.1) is 11.3 Å². The lowest BCUT2D eigenvalue weighted by Gasteiger charge is -1.95. The summed E-state index contributed by atoms with van der Waals surface area (Å²) in [5.41, 5.74) is 6.26. The van der Waals surface area contributed by atoms with Crippen LogP contribution in [0.25, 0.3) is 0 Å². The van der Waals surface area contributed by atoms with Crippen molar-refractivity contribution in [1.29, 1.82) is 5.26 Å². The first-order valence-electron chi connectivity index (χ1n) is 4.28. The number of carbonyl (C=O) groups is 1. The van der Waals surface area contributed by atoms with E-state index in [4.69, 9.17) is 11.0 Å². The molecule has 6 heteroatoms. The molecule has 0 aromatic carbocycles. The van der Waals surface area contributed by atoms with Gasteiger partial charge >= 0.3 is 5.97 Å². The molecule has 0 saturated carbocycles. The Labute approximate surface area is 91.6 Å². The first kappa shape index (κ1) is 11.5. The van der Waals surface area contributed by atoms with Crippen LogP contribution < -0.4 is 5.73 Å². The van der Waals surface area contributed by atoms with E-state index in [-0.39, 0.29) is 11.4 Å². The molecule has 80 valence electrons. The first-order valence-corrected chi connectivity index (χ1v) is 5.26. The molecule has 0 aliphatic carbocycles. The number of H-pyrrole nitrogens is 1. The minimum atomic E-state index is -0.563. The number of nitrogens with zero attached hydrogens (tertiary/aromatic N) is 1. The standard InChI is InChI=1S/C9H11N3O2S/c1-3-15-8-5(4-10)6(11)7(12-8)9(13)14-2/h12H,3,11H2,1-2H3. The van der Waals surface area contributed by atoms with Crippen LogP contribution in [-0.2, 0) is 4.74 Å². The number of carbonyl (C=O) groups excluding carboxylic acids is 1. The van der Waals surface area contributed by atoms with Crippen molar-refractivity contribution in [2.75, 3.05) is 18.6 Å². The highest BCUT2D eigenvalue weighted by Gasteiger charge is 2.20. The maximum atomic E-state index is 11.3. The quantitative estimate of drug-likeness (QED) is 0.598. The van der Waals surface area contributed by atoms with Crippen molar-refractivity contribution in [1.82, 2.24) is 4.98 Å². The number of hydrogen-bond acceptors (Lipinski definition) is 5. The van der Waals surface area contributed by atoms with Gasteiger partial charge in [0.25, 0.3) is 0 Å². The van der Waals surface area contributed by atoms with Crippen LogP contribution in [0.3, 0.4) is 0 Å². The third-order valence-corrected chi connectivity index (χ3v) is 2.68. The van der Waals surface area contributed by atoms with E-state index in [1.807, 2.05) is 13.0 Å². The molecule has 15 heavy (non-hydrogen) atoms. The number of rotatable bonds is 3. The van der Waals surface area contributed by atoms with Crippen LogP contribution in [0.5, 0.6) is 0 Å². The summed E-state index contributed by atoms with van der Waals surface area (Å²) in [7, 11) is 1.27. The summed E-state index contributed by atoms with van der Waals surface area (Å²) in [6.45, 7) is 1.95. The molecule has 5 nitrogen and oxygen atoms in total. The van der Waals surface area contributed by atoms with Gasteiger partial charge in [0, 0.05) is 0 Å². The SMILES string of the molecule is CCSc1[nH]c(C(=O)OC)c(N)c1C#N. The molecule has 0 aliphatic heterocycles. The lowest BCUT2D eigenvalue weighted by atomic mass is 10.3. The van der Waals surface area contributed by atoms with Crippen LogP contribution in [0.2, 0.25) is 0 Å². The van der Waals surface area contributed by atoms with Crippen molar-refractivity contribution in [3.05, 3.63) is 11.3 Å². The summed E-state index contributed by atoms with van der Waals surface area (Å²) in [6.07, 6.45) is 0. The van der Waals surface area contributed by atoms with E-state index in [9.17, 15) is 4.79 Å². The highest BCUT2D eigenvalue weighted by atomic mass is 32.2. The lowest BCUT2D eigenvalue weighted by Crippen LogP contribution is -2.05. The Morgan fingerprint density at radius 1 is 1.73 bits per heavy atom. The van der Waals surface area contributed by atoms with E-state index >= 15 is 0 Å². The Kier molecular flexibility index (Phi) is 3.63. The maximum Gasteiger partial charge on any atom is 0.356 e. The fraction of sp³-hybridized carbons (Fsp3) is 0.333. The fourth-order valence-corrected chi connectivity index (χ4v) is 1.88. The number of aromatic nitrogens is 1. The molecule has 1 rings (SSSR count). The number of nitriles is 1. The molecule has 0 radical (unpaired) electrons. The summed E-state index contributed by atoms with van der Waals surface area (Å²) in [5, 5.41) is 9.49. The number of esters is 1. The molecule has 0 amide bonds. The van der Waals surface area contributed by atoms with E-state index in [1.54, 1.807) is 0 Å². The number of nitrogens with one attached hydrogen (secondary N) is 1. The highest BCUT2D eigenvalue weighted by Crippen LogP contribution is 2.29. The van der Waals surface area contributed by atoms with Gasteiger partial charge in [0.05, 0.1) is 17.8 Å². The number of hydrogen-bond donors (Lipinski definition) is 2. The maximum absolute atomic E-state index is 11.3. The fourth-order valence-electron chi connectivity index (χ4n) is 1.12. The molecule has 1 heterocycles. The molecule has 0 spiro atoms. The van der Waals surface area contributed by atoms with Crippen molar-refractivity contribution in [2.24, 2.45) is 0 Å². The van der Waals surface area contributed by atoms with Crippen LogP contribution in [0.1, 0.15) is 23.0 Å². The first-order chi connectivity index (χ1) is 7.15. The average Bonchev–Trinajstić information content (AvgIpc) is 2.55. The third kappa shape index (κ3) is 2.07. The molecule has 0 aliphatic rings. The minimum Gasteiger partial charge on any atom is -0.464 e. The summed E-state index contributed by atoms with van der Waals surface area (Å²) < 4.78 is 4.54. The number of anilines is 1. The summed E-state index contributed by atoms with van der Waals surface area (Å²) >= 11 is 1.42. The number of nitrogen functional groups attached to an aromatic ring is 1. The van der Waals surface area contributed by atoms with Gasteiger partial charge in [-0.15, -0.1) is 11.8 Å². The number of ether oxygens (including phenoxy) is 1. The smallest absolute Gasteiger partial charge is 0.356 e. The number of methoxy groups -OCH3 is 1. The largest absolute Gasteiger partial charge is 0.464 e. The zero-order valence-electron chi connectivity index (χ0n) is 8.46. The zero-order chi connectivity index (χ0) is 11.4. The van der Waals surface area contributed by atoms with Crippen LogP contribution in [0.4, 0.5) is 5.69 Å². The minimum absolute atomic E-state index is 0.144. The monoisotopic (exact) mass is 225 g/mol. The van der Waals surface area contributed by atoms with Crippen molar-refractivity contribution in [3.63, 3.8) is 0 Å². The highest BCUT2D eigenvalue weighted by molar-refractivity contribution is 7.99. The van der Waals surface area contributed by atoms with Crippen LogP contribution in [0.15, 0.2) is 5.03 Å². The van der Waals surface area contributed by atoms with Gasteiger partial charge in [-0.2, -0.15) is 5.26 Å². The normalized spacial score (nSPS) is 9.67. The number of thioether (sulfide) groups is 1. The molecule has 0 saturated heterocycles. The zero-order valence-corrected chi connectivity index (χ0v) is 9.27. The summed E-state index contributed by atoms with van der Waals surface area (Å²) in [4.78, 5) is 14.1. The van der Waals surface area contributed by atoms with E-state index < -0.39 is 5.97 Å². The Bertz CT molecular complexity index is 420. The Morgan fingerprint density at radius 2 is 2.40 bits per heavy atom. The van der Waals surface area contributed by atoms with Crippen molar-refractivity contribution >= 4 is 23.4 Å². The molecule has 0 bridgehead atoms. The van der Waals surface area contributed by atoms with Crippen molar-refractivity contribution in [2.45, 2.75) is 11.9 Å². The lowest BCUT2D eigenvalue weighted by molar-refractivity contribution is 0.0595. The second kappa shape index (κ2) is 4.75. The van der Waals surface area contributed by atoms with Crippen molar-refractivity contribution < 1.29 is 9.53 Å². The van der Waals surface area contributed by atoms with Gasteiger partial charge in [0.1, 0.15) is 11.6 Å². The van der Waals surface area contributed by atoms with Crippen LogP contribution >= 0.6 is 11.8 Å². The molecule has 0 atom stereocenters. The molecular formula is C9H11N3O2S. The molecule has 3 N–H and O–H groups in total. The molecule has 0 unspecified atom stereocenters. The van der Waals surface area contributed by atoms with Gasteiger partial charge in [0.15, 0.2) is 5.69 Å². The molecule has 0 fully saturated rings. The summed E-state index contributed by atoms with van der Waals surface area (Å²) in [5.74, 6) is 0.224. The van der Waals surface area contributed by atoms with Gasteiger partial charge in [-0.05, 0) is 5.75 Å². The molecule has 1 aromatic heterocycles. The number of nitrogens with two attached hydrogens (primary N) is 1. The van der Waals surface area contributed by atoms with Gasteiger partial charge in [0.2, 0.25) is 0 Å². The Balaban J connectivity index is 3.22. The van der Waals surface area contributed by atoms with E-state index in [0.29, 0.717) is 10.6 Å². The van der Waals surface area contributed by atoms with Crippen molar-refractivity contribution in [3.8, 4) is 6.07 Å². The van der Waals surface area contributed by atoms with Crippen LogP contribution in [-0.4, -0.2) is 23.8 Å². The van der Waals surface area contributed by atoms with Gasteiger partial charge in [-0.3, -0.25) is 0 Å². The summed E-state index contributed by atoms with van der Waals surface area (Å²) in [6, 6.07) is 1.96. The topological polar surface area (TPSA) is 91.9 Å². The number of aromatic amines is 1. The molecular weight excluding hydrogens is 214 g/mol. The van der Waals surface area contributed by atoms with Gasteiger partial charge in [-0.1, -0.05) is 6.92 Å². The average molecular weight is 225 g/mol. The molecule has 1 aromatic rings. The third-order valence-electron chi connectivity index (χ3n) is 1.79. The predicted octanol–water partition coefficient (Wildman–Crippen LogP) is 1.37. The second-order valence-electron chi connectivity index (χ2n) is 2.65. The predicted molar refractivity (Wildman–Crippen MR) is 57.7 cm³/mol. The van der Waals surface area contributed by atoms with E-state index in [1.165, 1.54) is 18.9 Å². The Morgan fingerprint density at radius 3 is 2.87 bits per heavy atom.